The van der Waals surface area contributed by atoms with Gasteiger partial charge in [0.2, 0.25) is 0 Å². The summed E-state index contributed by atoms with van der Waals surface area (Å²) in [4.78, 5) is 16.8. The molecule has 2 amide bonds. The van der Waals surface area contributed by atoms with Crippen LogP contribution in [0.25, 0.3) is 11.3 Å². The summed E-state index contributed by atoms with van der Waals surface area (Å²) in [6.07, 6.45) is 2.19. The number of benzene rings is 1. The van der Waals surface area contributed by atoms with Gasteiger partial charge >= 0.3 is 6.03 Å². The summed E-state index contributed by atoms with van der Waals surface area (Å²) in [7, 11) is 0. The van der Waals surface area contributed by atoms with Crippen LogP contribution >= 0.6 is 11.3 Å². The normalized spacial score (nSPS) is 19.7. The van der Waals surface area contributed by atoms with Crippen molar-refractivity contribution in [3.63, 3.8) is 0 Å². The lowest BCUT2D eigenvalue weighted by Crippen LogP contribution is -2.46. The van der Waals surface area contributed by atoms with E-state index in [0.29, 0.717) is 0 Å². The largest absolute Gasteiger partial charge is 0.376 e. The van der Waals surface area contributed by atoms with Crippen LogP contribution in [0.5, 0.6) is 0 Å². The third-order valence-corrected chi connectivity index (χ3v) is 5.22. The first-order valence-electron chi connectivity index (χ1n) is 8.33. The van der Waals surface area contributed by atoms with E-state index in [4.69, 9.17) is 4.74 Å². The third-order valence-electron chi connectivity index (χ3n) is 4.19. The summed E-state index contributed by atoms with van der Waals surface area (Å²) in [6.45, 7) is 4.72. The number of nitrogens with one attached hydrogen (secondary N) is 2. The molecule has 1 aromatic heterocycles. The monoisotopic (exact) mass is 345 g/mol. The Morgan fingerprint density at radius 3 is 2.79 bits per heavy atom. The second kappa shape index (κ2) is 7.77. The number of nitrogens with zero attached hydrogens (tertiary/aromatic N) is 1. The molecule has 3 rings (SSSR count). The minimum absolute atomic E-state index is 0.0101. The van der Waals surface area contributed by atoms with Crippen molar-refractivity contribution in [3.8, 4) is 11.3 Å². The van der Waals surface area contributed by atoms with Crippen LogP contribution in [0.15, 0.2) is 35.7 Å². The van der Waals surface area contributed by atoms with E-state index in [1.807, 2.05) is 49.6 Å². The summed E-state index contributed by atoms with van der Waals surface area (Å²) >= 11 is 1.56. The molecule has 0 spiro atoms. The van der Waals surface area contributed by atoms with Gasteiger partial charge in [-0.15, -0.1) is 11.3 Å². The lowest BCUT2D eigenvalue weighted by atomic mass is 10.1. The van der Waals surface area contributed by atoms with Gasteiger partial charge in [-0.1, -0.05) is 30.3 Å². The molecule has 0 unspecified atom stereocenters. The maximum Gasteiger partial charge on any atom is 0.315 e. The van der Waals surface area contributed by atoms with Crippen LogP contribution in [0.3, 0.4) is 0 Å². The van der Waals surface area contributed by atoms with Gasteiger partial charge in [0.15, 0.2) is 0 Å². The molecule has 3 atom stereocenters. The summed E-state index contributed by atoms with van der Waals surface area (Å²) in [6, 6.07) is 9.74. The van der Waals surface area contributed by atoms with Crippen LogP contribution in [-0.2, 0) is 4.74 Å². The summed E-state index contributed by atoms with van der Waals surface area (Å²) in [5.74, 6) is 0. The van der Waals surface area contributed by atoms with E-state index in [1.54, 1.807) is 11.3 Å². The number of ether oxygens (including phenoxy) is 1. The van der Waals surface area contributed by atoms with E-state index in [2.05, 4.69) is 15.6 Å². The number of aromatic nitrogens is 1. The number of urea groups is 1. The molecule has 0 radical (unpaired) electrons. The molecular formula is C18H23N3O2S. The van der Waals surface area contributed by atoms with Gasteiger partial charge in [-0.05, 0) is 26.7 Å². The Hall–Kier alpha value is -1.92. The number of hydrogen-bond acceptors (Lipinski definition) is 4. The van der Waals surface area contributed by atoms with Gasteiger partial charge in [-0.2, -0.15) is 0 Å². The van der Waals surface area contributed by atoms with Gasteiger partial charge in [0.1, 0.15) is 5.01 Å². The fraction of sp³-hybridized carbons (Fsp3) is 0.444. The quantitative estimate of drug-likeness (QED) is 0.868. The number of thiazole rings is 1. The zero-order valence-electron chi connectivity index (χ0n) is 14.0. The minimum Gasteiger partial charge on any atom is -0.376 e. The fourth-order valence-electron chi connectivity index (χ4n) is 2.82. The molecule has 2 N–H and O–H groups in total. The van der Waals surface area contributed by atoms with E-state index in [-0.39, 0.29) is 24.2 Å². The molecule has 1 aromatic carbocycles. The molecule has 6 heteroatoms. The third kappa shape index (κ3) is 4.13. The summed E-state index contributed by atoms with van der Waals surface area (Å²) < 4.78 is 5.60. The highest BCUT2D eigenvalue weighted by atomic mass is 32.1. The van der Waals surface area contributed by atoms with Gasteiger partial charge in [0.25, 0.3) is 0 Å². The molecule has 1 saturated heterocycles. The van der Waals surface area contributed by atoms with Gasteiger partial charge in [0.05, 0.1) is 23.9 Å². The van der Waals surface area contributed by atoms with E-state index < -0.39 is 0 Å². The Balaban J connectivity index is 1.55. The predicted octanol–water partition coefficient (Wildman–Crippen LogP) is 3.74. The van der Waals surface area contributed by atoms with Crippen LogP contribution in [0.1, 0.15) is 37.7 Å². The summed E-state index contributed by atoms with van der Waals surface area (Å²) in [5.41, 5.74) is 2.03. The van der Waals surface area contributed by atoms with Gasteiger partial charge in [-0.25, -0.2) is 9.78 Å². The van der Waals surface area contributed by atoms with E-state index >= 15 is 0 Å². The molecule has 2 heterocycles. The lowest BCUT2D eigenvalue weighted by molar-refractivity contribution is 0.0859. The van der Waals surface area contributed by atoms with Crippen molar-refractivity contribution in [2.75, 3.05) is 6.61 Å². The molecular weight excluding hydrogens is 322 g/mol. The van der Waals surface area contributed by atoms with Gasteiger partial charge in [-0.3, -0.25) is 0 Å². The zero-order chi connectivity index (χ0) is 16.9. The van der Waals surface area contributed by atoms with Crippen molar-refractivity contribution in [3.05, 3.63) is 40.7 Å². The van der Waals surface area contributed by atoms with Crippen LogP contribution in [0, 0.1) is 0 Å². The molecule has 0 aliphatic carbocycles. The SMILES string of the molecule is C[C@H](NC(=O)N[C@H](C)[C@H]1CCCO1)c1nc(-c2ccccc2)cs1. The zero-order valence-corrected chi connectivity index (χ0v) is 14.8. The molecule has 1 fully saturated rings. The Labute approximate surface area is 146 Å². The second-order valence-corrected chi connectivity index (χ2v) is 7.01. The Bertz CT molecular complexity index is 668. The minimum atomic E-state index is -0.179. The molecule has 1 aliphatic rings. The molecule has 0 bridgehead atoms. The van der Waals surface area contributed by atoms with E-state index in [0.717, 1.165) is 35.7 Å². The van der Waals surface area contributed by atoms with Crippen molar-refractivity contribution in [2.45, 2.75) is 44.9 Å². The van der Waals surface area contributed by atoms with Crippen molar-refractivity contribution in [1.29, 1.82) is 0 Å². The van der Waals surface area contributed by atoms with Crippen LogP contribution in [0.4, 0.5) is 4.79 Å². The van der Waals surface area contributed by atoms with Crippen molar-refractivity contribution >= 4 is 17.4 Å². The maximum absolute atomic E-state index is 12.2. The average Bonchev–Trinajstić information content (AvgIpc) is 3.27. The van der Waals surface area contributed by atoms with Crippen LogP contribution < -0.4 is 10.6 Å². The van der Waals surface area contributed by atoms with Crippen LogP contribution in [0.2, 0.25) is 0 Å². The number of carbonyl (C=O) groups excluding carboxylic acids is 1. The molecule has 128 valence electrons. The lowest BCUT2D eigenvalue weighted by Gasteiger charge is -2.21. The molecule has 24 heavy (non-hydrogen) atoms. The predicted molar refractivity (Wildman–Crippen MR) is 96.1 cm³/mol. The number of amides is 2. The van der Waals surface area contributed by atoms with Crippen LogP contribution in [-0.4, -0.2) is 29.8 Å². The fourth-order valence-corrected chi connectivity index (χ4v) is 3.66. The standard InChI is InChI=1S/C18H23N3O2S/c1-12(16-9-6-10-23-16)19-18(22)20-13(2)17-21-15(11-24-17)14-7-4-3-5-8-14/h3-5,7-8,11-13,16H,6,9-10H2,1-2H3,(H2,19,20,22)/t12-,13+,16-/m1/s1. The molecule has 0 saturated carbocycles. The van der Waals surface area contributed by atoms with Crippen molar-refractivity contribution in [1.82, 2.24) is 15.6 Å². The van der Waals surface area contributed by atoms with E-state index in [1.165, 1.54) is 0 Å². The highest BCUT2D eigenvalue weighted by Crippen LogP contribution is 2.25. The number of rotatable bonds is 5. The maximum atomic E-state index is 12.2. The first kappa shape index (κ1) is 16.9. The Kier molecular flexibility index (Phi) is 5.48. The molecule has 1 aliphatic heterocycles. The number of carbonyl (C=O) groups is 1. The highest BCUT2D eigenvalue weighted by molar-refractivity contribution is 7.10. The molecule has 5 nitrogen and oxygen atoms in total. The van der Waals surface area contributed by atoms with Crippen molar-refractivity contribution in [2.24, 2.45) is 0 Å². The highest BCUT2D eigenvalue weighted by Gasteiger charge is 2.24. The summed E-state index contributed by atoms with van der Waals surface area (Å²) in [5, 5.41) is 8.84. The molecule has 2 aromatic rings. The van der Waals surface area contributed by atoms with E-state index in [9.17, 15) is 4.79 Å². The smallest absolute Gasteiger partial charge is 0.315 e. The Morgan fingerprint density at radius 2 is 2.08 bits per heavy atom. The first-order chi connectivity index (χ1) is 11.6. The number of hydrogen-bond donors (Lipinski definition) is 2. The van der Waals surface area contributed by atoms with Gasteiger partial charge < -0.3 is 15.4 Å². The first-order valence-corrected chi connectivity index (χ1v) is 9.21. The Morgan fingerprint density at radius 1 is 1.29 bits per heavy atom. The topological polar surface area (TPSA) is 63.2 Å². The average molecular weight is 345 g/mol. The van der Waals surface area contributed by atoms with Crippen molar-refractivity contribution < 1.29 is 9.53 Å². The second-order valence-electron chi connectivity index (χ2n) is 6.12. The van der Waals surface area contributed by atoms with Gasteiger partial charge in [0, 0.05) is 17.6 Å².